The van der Waals surface area contributed by atoms with Crippen molar-refractivity contribution in [3.8, 4) is 0 Å². The van der Waals surface area contributed by atoms with Crippen molar-refractivity contribution in [2.24, 2.45) is 0 Å². The van der Waals surface area contributed by atoms with Gasteiger partial charge in [-0.2, -0.15) is 0 Å². The fourth-order valence-corrected chi connectivity index (χ4v) is 4.12. The van der Waals surface area contributed by atoms with Crippen molar-refractivity contribution in [1.82, 2.24) is 10.2 Å². The number of benzene rings is 2. The first-order valence-electron chi connectivity index (χ1n) is 10.7. The monoisotopic (exact) mass is 426 g/mol. The first kappa shape index (κ1) is 24.0. The summed E-state index contributed by atoms with van der Waals surface area (Å²) in [5.74, 6) is 1.04. The van der Waals surface area contributed by atoms with E-state index in [1.54, 1.807) is 16.7 Å². The smallest absolute Gasteiger partial charge is 0.242 e. The summed E-state index contributed by atoms with van der Waals surface area (Å²) < 4.78 is 0. The van der Waals surface area contributed by atoms with Gasteiger partial charge in [-0.15, -0.1) is 11.8 Å². The largest absolute Gasteiger partial charge is 0.354 e. The van der Waals surface area contributed by atoms with Gasteiger partial charge in [0.15, 0.2) is 0 Å². The Bertz CT molecular complexity index is 837. The highest BCUT2D eigenvalue weighted by molar-refractivity contribution is 7.99. The topological polar surface area (TPSA) is 49.4 Å². The number of amides is 2. The van der Waals surface area contributed by atoms with Crippen molar-refractivity contribution >= 4 is 23.6 Å². The molecule has 0 spiro atoms. The standard InChI is InChI=1S/C25H34N2O2S/c1-5-6-13-26-25(29)21(4)27(16-22-11-7-9-19(2)14-22)24(28)18-30-17-23-12-8-10-20(3)15-23/h7-12,14-15,21H,5-6,13,16-18H2,1-4H3,(H,26,29). The summed E-state index contributed by atoms with van der Waals surface area (Å²) in [5.41, 5.74) is 4.62. The van der Waals surface area contributed by atoms with Crippen LogP contribution in [0.2, 0.25) is 0 Å². The quantitative estimate of drug-likeness (QED) is 0.522. The average Bonchev–Trinajstić information content (AvgIpc) is 2.71. The molecule has 1 atom stereocenters. The summed E-state index contributed by atoms with van der Waals surface area (Å²) in [6.45, 7) is 9.10. The van der Waals surface area contributed by atoms with Crippen molar-refractivity contribution in [2.75, 3.05) is 12.3 Å². The van der Waals surface area contributed by atoms with E-state index >= 15 is 0 Å². The molecule has 0 aliphatic heterocycles. The predicted octanol–water partition coefficient (Wildman–Crippen LogP) is 4.87. The summed E-state index contributed by atoms with van der Waals surface area (Å²) >= 11 is 1.59. The Morgan fingerprint density at radius 2 is 1.67 bits per heavy atom. The Kier molecular flexibility index (Phi) is 9.95. The summed E-state index contributed by atoms with van der Waals surface area (Å²) in [6.07, 6.45) is 1.97. The van der Waals surface area contributed by atoms with Gasteiger partial charge in [-0.3, -0.25) is 9.59 Å². The highest BCUT2D eigenvalue weighted by Crippen LogP contribution is 2.17. The minimum absolute atomic E-state index is 0.00713. The van der Waals surface area contributed by atoms with E-state index in [4.69, 9.17) is 0 Å². The summed E-state index contributed by atoms with van der Waals surface area (Å²) in [7, 11) is 0. The molecule has 4 nitrogen and oxygen atoms in total. The molecule has 2 rings (SSSR count). The van der Waals surface area contributed by atoms with Crippen LogP contribution in [-0.4, -0.2) is 35.1 Å². The van der Waals surface area contributed by atoms with Crippen molar-refractivity contribution < 1.29 is 9.59 Å². The van der Waals surface area contributed by atoms with Gasteiger partial charge in [0.1, 0.15) is 6.04 Å². The maximum absolute atomic E-state index is 13.1. The molecule has 2 aromatic rings. The van der Waals surface area contributed by atoms with Gasteiger partial charge < -0.3 is 10.2 Å². The third-order valence-electron chi connectivity index (χ3n) is 5.01. The van der Waals surface area contributed by atoms with Crippen LogP contribution in [0.5, 0.6) is 0 Å². The molecule has 1 N–H and O–H groups in total. The number of unbranched alkanes of at least 4 members (excludes halogenated alkanes) is 1. The second kappa shape index (κ2) is 12.4. The van der Waals surface area contributed by atoms with E-state index in [1.807, 2.05) is 38.1 Å². The second-order valence-corrected chi connectivity index (χ2v) is 8.80. The first-order valence-corrected chi connectivity index (χ1v) is 11.8. The molecular formula is C25H34N2O2S. The lowest BCUT2D eigenvalue weighted by molar-refractivity contribution is -0.138. The van der Waals surface area contributed by atoms with Crippen LogP contribution in [0.15, 0.2) is 48.5 Å². The number of nitrogens with one attached hydrogen (secondary N) is 1. The fourth-order valence-electron chi connectivity index (χ4n) is 3.27. The van der Waals surface area contributed by atoms with E-state index in [2.05, 4.69) is 43.4 Å². The average molecular weight is 427 g/mol. The molecule has 5 heteroatoms. The van der Waals surface area contributed by atoms with Gasteiger partial charge in [0.25, 0.3) is 0 Å². The van der Waals surface area contributed by atoms with Gasteiger partial charge in [-0.05, 0) is 38.3 Å². The van der Waals surface area contributed by atoms with E-state index in [9.17, 15) is 9.59 Å². The normalized spacial score (nSPS) is 11.7. The SMILES string of the molecule is CCCCNC(=O)C(C)N(Cc1cccc(C)c1)C(=O)CSCc1cccc(C)c1. The second-order valence-electron chi connectivity index (χ2n) is 7.81. The van der Waals surface area contributed by atoms with Crippen molar-refractivity contribution in [2.45, 2.75) is 58.9 Å². The predicted molar refractivity (Wildman–Crippen MR) is 126 cm³/mol. The zero-order valence-corrected chi connectivity index (χ0v) is 19.4. The van der Waals surface area contributed by atoms with E-state index in [0.29, 0.717) is 18.8 Å². The minimum Gasteiger partial charge on any atom is -0.354 e. The highest BCUT2D eigenvalue weighted by atomic mass is 32.2. The van der Waals surface area contributed by atoms with E-state index in [0.717, 1.165) is 29.7 Å². The van der Waals surface area contributed by atoms with Crippen LogP contribution in [0, 0.1) is 13.8 Å². The lowest BCUT2D eigenvalue weighted by atomic mass is 10.1. The van der Waals surface area contributed by atoms with Crippen molar-refractivity contribution in [3.63, 3.8) is 0 Å². The maximum atomic E-state index is 13.1. The molecule has 0 radical (unpaired) electrons. The van der Waals surface area contributed by atoms with Gasteiger partial charge in [0.2, 0.25) is 11.8 Å². The molecule has 2 amide bonds. The molecule has 0 aliphatic carbocycles. The zero-order valence-electron chi connectivity index (χ0n) is 18.6. The number of hydrogen-bond acceptors (Lipinski definition) is 3. The molecule has 0 heterocycles. The van der Waals surface area contributed by atoms with Crippen LogP contribution in [0.3, 0.4) is 0 Å². The van der Waals surface area contributed by atoms with E-state index in [1.165, 1.54) is 11.1 Å². The van der Waals surface area contributed by atoms with Gasteiger partial charge in [-0.1, -0.05) is 73.0 Å². The summed E-state index contributed by atoms with van der Waals surface area (Å²) in [6, 6.07) is 15.9. The lowest BCUT2D eigenvalue weighted by Gasteiger charge is -2.29. The Balaban J connectivity index is 2.04. The Hall–Kier alpha value is -2.27. The highest BCUT2D eigenvalue weighted by Gasteiger charge is 2.25. The molecule has 0 saturated carbocycles. The van der Waals surface area contributed by atoms with Crippen LogP contribution in [0.4, 0.5) is 0 Å². The first-order chi connectivity index (χ1) is 14.4. The maximum Gasteiger partial charge on any atom is 0.242 e. The third kappa shape index (κ3) is 7.86. The third-order valence-corrected chi connectivity index (χ3v) is 6.00. The summed E-state index contributed by atoms with van der Waals surface area (Å²) in [4.78, 5) is 27.4. The molecule has 0 saturated heterocycles. The van der Waals surface area contributed by atoms with Crippen LogP contribution in [0.25, 0.3) is 0 Å². The molecule has 2 aromatic carbocycles. The number of rotatable bonds is 11. The number of nitrogens with zero attached hydrogens (tertiary/aromatic N) is 1. The number of hydrogen-bond donors (Lipinski definition) is 1. The molecule has 0 bridgehead atoms. The molecule has 0 fully saturated rings. The Morgan fingerprint density at radius 1 is 1.03 bits per heavy atom. The van der Waals surface area contributed by atoms with Gasteiger partial charge in [0.05, 0.1) is 5.75 Å². The van der Waals surface area contributed by atoms with Crippen LogP contribution in [0.1, 0.15) is 48.9 Å². The van der Waals surface area contributed by atoms with Crippen LogP contribution in [-0.2, 0) is 21.9 Å². The van der Waals surface area contributed by atoms with Crippen molar-refractivity contribution in [1.29, 1.82) is 0 Å². The van der Waals surface area contributed by atoms with E-state index < -0.39 is 6.04 Å². The Morgan fingerprint density at radius 3 is 2.30 bits per heavy atom. The number of aryl methyl sites for hydroxylation is 2. The van der Waals surface area contributed by atoms with Crippen molar-refractivity contribution in [3.05, 3.63) is 70.8 Å². The van der Waals surface area contributed by atoms with E-state index in [-0.39, 0.29) is 11.8 Å². The number of thioether (sulfide) groups is 1. The lowest BCUT2D eigenvalue weighted by Crippen LogP contribution is -2.48. The van der Waals surface area contributed by atoms with Gasteiger partial charge in [-0.25, -0.2) is 0 Å². The van der Waals surface area contributed by atoms with Gasteiger partial charge in [0, 0.05) is 18.8 Å². The number of carbonyl (C=O) groups is 2. The van der Waals surface area contributed by atoms with Gasteiger partial charge >= 0.3 is 0 Å². The molecule has 1 unspecified atom stereocenters. The minimum atomic E-state index is -0.505. The molecule has 0 aliphatic rings. The molecule has 30 heavy (non-hydrogen) atoms. The Labute approximate surface area is 185 Å². The molecule has 0 aromatic heterocycles. The fraction of sp³-hybridized carbons (Fsp3) is 0.440. The summed E-state index contributed by atoms with van der Waals surface area (Å²) in [5, 5.41) is 2.96. The zero-order chi connectivity index (χ0) is 21.9. The van der Waals surface area contributed by atoms with Crippen LogP contribution < -0.4 is 5.32 Å². The molecule has 162 valence electrons. The molecular weight excluding hydrogens is 392 g/mol. The number of carbonyl (C=O) groups excluding carboxylic acids is 2. The van der Waals surface area contributed by atoms with Crippen LogP contribution >= 0.6 is 11.8 Å².